The molecule has 3 heterocycles. The van der Waals surface area contributed by atoms with Crippen LogP contribution in [0.25, 0.3) is 10.9 Å². The molecule has 1 amide bonds. The standard InChI is InChI=1S/C19H16ClFN4O3/c20-13-1-2-15-12(8-13)7-11(18(26)23-15)3-4-22-17-10-14(9-16(21)24-17)25-5-6-28-19(25)27/h1-2,7-10H,3-6H2,(H,22,24)(H,23,26). The van der Waals surface area contributed by atoms with Crippen LogP contribution < -0.4 is 15.8 Å². The number of hydrogen-bond donors (Lipinski definition) is 2. The molecule has 144 valence electrons. The van der Waals surface area contributed by atoms with Gasteiger partial charge in [-0.05, 0) is 36.1 Å². The Hall–Kier alpha value is -3.13. The maximum absolute atomic E-state index is 13.8. The highest BCUT2D eigenvalue weighted by Gasteiger charge is 2.24. The minimum absolute atomic E-state index is 0.190. The van der Waals surface area contributed by atoms with Gasteiger partial charge < -0.3 is 15.0 Å². The van der Waals surface area contributed by atoms with Crippen LogP contribution in [0.4, 0.5) is 20.7 Å². The number of nitrogens with zero attached hydrogens (tertiary/aromatic N) is 2. The Morgan fingerprint density at radius 1 is 1.25 bits per heavy atom. The molecule has 1 aliphatic heterocycles. The quantitative estimate of drug-likeness (QED) is 0.639. The molecule has 0 radical (unpaired) electrons. The highest BCUT2D eigenvalue weighted by molar-refractivity contribution is 6.31. The van der Waals surface area contributed by atoms with Gasteiger partial charge >= 0.3 is 6.09 Å². The van der Waals surface area contributed by atoms with Crippen molar-refractivity contribution in [3.63, 3.8) is 0 Å². The fourth-order valence-corrected chi connectivity index (χ4v) is 3.27. The molecular formula is C19H16ClFN4O3. The monoisotopic (exact) mass is 402 g/mol. The Labute approximate surface area is 164 Å². The van der Waals surface area contributed by atoms with E-state index in [-0.39, 0.29) is 18.0 Å². The summed E-state index contributed by atoms with van der Waals surface area (Å²) < 4.78 is 18.7. The molecule has 7 nitrogen and oxygen atoms in total. The number of pyridine rings is 2. The second-order valence-electron chi connectivity index (χ2n) is 6.33. The maximum atomic E-state index is 13.8. The summed E-state index contributed by atoms with van der Waals surface area (Å²) in [7, 11) is 0. The van der Waals surface area contributed by atoms with Crippen LogP contribution in [0.5, 0.6) is 0 Å². The zero-order valence-corrected chi connectivity index (χ0v) is 15.4. The van der Waals surface area contributed by atoms with Gasteiger partial charge in [-0.2, -0.15) is 4.39 Å². The topological polar surface area (TPSA) is 87.3 Å². The molecule has 0 spiro atoms. The second kappa shape index (κ2) is 7.47. The molecule has 28 heavy (non-hydrogen) atoms. The first kappa shape index (κ1) is 18.2. The number of amides is 1. The van der Waals surface area contributed by atoms with Crippen LogP contribution >= 0.6 is 11.6 Å². The number of halogens is 2. The fraction of sp³-hybridized carbons (Fsp3) is 0.211. The maximum Gasteiger partial charge on any atom is 0.414 e. The van der Waals surface area contributed by atoms with Crippen LogP contribution in [0, 0.1) is 5.95 Å². The average Bonchev–Trinajstić information content (AvgIpc) is 3.08. The Morgan fingerprint density at radius 2 is 2.11 bits per heavy atom. The van der Waals surface area contributed by atoms with Gasteiger partial charge in [-0.1, -0.05) is 11.6 Å². The molecule has 0 bridgehead atoms. The third-order valence-electron chi connectivity index (χ3n) is 4.43. The molecule has 0 atom stereocenters. The Bertz CT molecular complexity index is 1120. The number of anilines is 2. The summed E-state index contributed by atoms with van der Waals surface area (Å²) in [6, 6.07) is 9.77. The van der Waals surface area contributed by atoms with Crippen molar-refractivity contribution in [2.24, 2.45) is 0 Å². The van der Waals surface area contributed by atoms with E-state index in [4.69, 9.17) is 16.3 Å². The summed E-state index contributed by atoms with van der Waals surface area (Å²) in [5.74, 6) is -0.437. The van der Waals surface area contributed by atoms with E-state index in [0.717, 1.165) is 5.39 Å². The summed E-state index contributed by atoms with van der Waals surface area (Å²) in [5.41, 5.74) is 1.46. The van der Waals surface area contributed by atoms with Crippen LogP contribution in [-0.2, 0) is 11.2 Å². The van der Waals surface area contributed by atoms with Gasteiger partial charge in [0.2, 0.25) is 5.95 Å². The number of aromatic nitrogens is 2. The number of carbonyl (C=O) groups is 1. The van der Waals surface area contributed by atoms with Crippen LogP contribution in [0.15, 0.2) is 41.2 Å². The Balaban J connectivity index is 1.49. The van der Waals surface area contributed by atoms with E-state index in [9.17, 15) is 14.0 Å². The van der Waals surface area contributed by atoms with Crippen molar-refractivity contribution < 1.29 is 13.9 Å². The van der Waals surface area contributed by atoms with Crippen LogP contribution in [0.3, 0.4) is 0 Å². The van der Waals surface area contributed by atoms with Crippen molar-refractivity contribution in [3.05, 3.63) is 63.3 Å². The van der Waals surface area contributed by atoms with Crippen molar-refractivity contribution in [2.75, 3.05) is 29.9 Å². The van der Waals surface area contributed by atoms with Gasteiger partial charge in [0.25, 0.3) is 5.56 Å². The van der Waals surface area contributed by atoms with Gasteiger partial charge in [0.15, 0.2) is 0 Å². The Kier molecular flexibility index (Phi) is 4.87. The molecule has 9 heteroatoms. The normalized spacial score (nSPS) is 13.8. The number of hydrogen-bond acceptors (Lipinski definition) is 5. The minimum atomic E-state index is -0.710. The lowest BCUT2D eigenvalue weighted by Gasteiger charge is -2.14. The van der Waals surface area contributed by atoms with Crippen molar-refractivity contribution >= 4 is 40.1 Å². The SMILES string of the molecule is O=C1OCCN1c1cc(F)nc(NCCc2cc3cc(Cl)ccc3[nH]c2=O)c1. The van der Waals surface area contributed by atoms with E-state index in [2.05, 4.69) is 15.3 Å². The van der Waals surface area contributed by atoms with Gasteiger partial charge in [0.05, 0.1) is 12.2 Å². The lowest BCUT2D eigenvalue weighted by molar-refractivity contribution is 0.181. The fourth-order valence-electron chi connectivity index (χ4n) is 3.09. The highest BCUT2D eigenvalue weighted by atomic mass is 35.5. The minimum Gasteiger partial charge on any atom is -0.447 e. The number of cyclic esters (lactones) is 1. The van der Waals surface area contributed by atoms with Crippen molar-refractivity contribution in [1.29, 1.82) is 0 Å². The number of rotatable bonds is 5. The van der Waals surface area contributed by atoms with Crippen molar-refractivity contribution in [3.8, 4) is 0 Å². The molecule has 1 aromatic carbocycles. The molecule has 2 aromatic heterocycles. The summed E-state index contributed by atoms with van der Waals surface area (Å²) >= 11 is 6.00. The largest absolute Gasteiger partial charge is 0.447 e. The second-order valence-corrected chi connectivity index (χ2v) is 6.77. The van der Waals surface area contributed by atoms with E-state index in [1.54, 1.807) is 30.3 Å². The summed E-state index contributed by atoms with van der Waals surface area (Å²) in [5, 5.41) is 4.41. The van der Waals surface area contributed by atoms with Gasteiger partial charge in [-0.3, -0.25) is 9.69 Å². The third-order valence-corrected chi connectivity index (χ3v) is 4.67. The highest BCUT2D eigenvalue weighted by Crippen LogP contribution is 2.22. The first-order valence-corrected chi connectivity index (χ1v) is 9.04. The lowest BCUT2D eigenvalue weighted by atomic mass is 10.1. The van der Waals surface area contributed by atoms with Crippen LogP contribution in [0.2, 0.25) is 5.02 Å². The number of carbonyl (C=O) groups excluding carboxylic acids is 1. The predicted octanol–water partition coefficient (Wildman–Crippen LogP) is 3.33. The number of H-pyrrole nitrogens is 1. The van der Waals surface area contributed by atoms with Crippen molar-refractivity contribution in [2.45, 2.75) is 6.42 Å². The molecule has 1 fully saturated rings. The third kappa shape index (κ3) is 3.77. The number of fused-ring (bicyclic) bond motifs is 1. The van der Waals surface area contributed by atoms with E-state index in [1.165, 1.54) is 11.0 Å². The number of ether oxygens (including phenoxy) is 1. The molecular weight excluding hydrogens is 387 g/mol. The first-order valence-electron chi connectivity index (χ1n) is 8.67. The summed E-state index contributed by atoms with van der Waals surface area (Å²) in [6.45, 7) is 0.979. The smallest absolute Gasteiger partial charge is 0.414 e. The van der Waals surface area contributed by atoms with Crippen LogP contribution in [-0.4, -0.2) is 35.8 Å². The molecule has 2 N–H and O–H groups in total. The molecule has 1 saturated heterocycles. The Morgan fingerprint density at radius 3 is 2.89 bits per heavy atom. The average molecular weight is 403 g/mol. The zero-order valence-electron chi connectivity index (χ0n) is 14.7. The van der Waals surface area contributed by atoms with Gasteiger partial charge in [-0.25, -0.2) is 9.78 Å². The molecule has 4 rings (SSSR count). The van der Waals surface area contributed by atoms with E-state index in [0.29, 0.717) is 41.3 Å². The van der Waals surface area contributed by atoms with Gasteiger partial charge in [0, 0.05) is 34.8 Å². The molecule has 0 unspecified atom stereocenters. The van der Waals surface area contributed by atoms with E-state index >= 15 is 0 Å². The number of aromatic amines is 1. The molecule has 1 aliphatic rings. The molecule has 0 saturated carbocycles. The molecule has 3 aromatic rings. The summed E-state index contributed by atoms with van der Waals surface area (Å²) in [4.78, 5) is 31.8. The number of benzene rings is 1. The van der Waals surface area contributed by atoms with Gasteiger partial charge in [0.1, 0.15) is 12.4 Å². The first-order chi connectivity index (χ1) is 13.5. The van der Waals surface area contributed by atoms with Crippen LogP contribution in [0.1, 0.15) is 5.56 Å². The lowest BCUT2D eigenvalue weighted by Crippen LogP contribution is -2.24. The predicted molar refractivity (Wildman–Crippen MR) is 105 cm³/mol. The number of nitrogens with one attached hydrogen (secondary N) is 2. The van der Waals surface area contributed by atoms with Gasteiger partial charge in [-0.15, -0.1) is 0 Å². The molecule has 0 aliphatic carbocycles. The van der Waals surface area contributed by atoms with E-state index < -0.39 is 12.0 Å². The van der Waals surface area contributed by atoms with E-state index in [1.807, 2.05) is 0 Å². The zero-order chi connectivity index (χ0) is 19.7. The summed E-state index contributed by atoms with van der Waals surface area (Å²) in [6.07, 6.45) is -0.116. The van der Waals surface area contributed by atoms with Crippen molar-refractivity contribution in [1.82, 2.24) is 9.97 Å².